The molecule has 19 heavy (non-hydrogen) atoms. The molecule has 0 aromatic carbocycles. The van der Waals surface area contributed by atoms with Gasteiger partial charge in [-0.3, -0.25) is 0 Å². The molecule has 0 bridgehead atoms. The summed E-state index contributed by atoms with van der Waals surface area (Å²) in [4.78, 5) is 0. The van der Waals surface area contributed by atoms with Crippen LogP contribution in [0.1, 0.15) is 41.0 Å². The topological polar surface area (TPSA) is 36.9 Å². The van der Waals surface area contributed by atoms with Gasteiger partial charge in [0.1, 0.15) is 0 Å². The fraction of sp³-hybridized carbons (Fsp3) is 1.00. The van der Waals surface area contributed by atoms with E-state index in [1.165, 1.54) is 6.42 Å². The van der Waals surface area contributed by atoms with Gasteiger partial charge in [0, 0.05) is 27.4 Å². The minimum absolute atomic E-state index is 0.786. The molecule has 6 heteroatoms. The van der Waals surface area contributed by atoms with E-state index in [2.05, 4.69) is 20.8 Å². The molecule has 0 spiro atoms. The van der Waals surface area contributed by atoms with Crippen LogP contribution < -0.4 is 0 Å². The van der Waals surface area contributed by atoms with Gasteiger partial charge in [-0.2, -0.15) is 0 Å². The largest absolute Gasteiger partial charge is 0.400 e. The lowest BCUT2D eigenvalue weighted by molar-refractivity contribution is 0.185. The molecule has 0 rings (SSSR count). The molecule has 0 atom stereocenters. The molecule has 0 fully saturated rings. The molecular formula is C13H34O4Si2. The Hall–Kier alpha value is 0.274. The molecule has 118 valence electrons. The Morgan fingerprint density at radius 1 is 0.789 bits per heavy atom. The molecule has 0 aromatic rings. The maximum Gasteiger partial charge on any atom is 0.337 e. The summed E-state index contributed by atoms with van der Waals surface area (Å²) in [6.45, 7) is 12.1. The monoisotopic (exact) mass is 310 g/mol. The maximum absolute atomic E-state index is 5.68. The summed E-state index contributed by atoms with van der Waals surface area (Å²) in [5, 5.41) is 0. The van der Waals surface area contributed by atoms with Crippen LogP contribution in [0.5, 0.6) is 0 Å². The van der Waals surface area contributed by atoms with Crippen LogP contribution in [-0.2, 0) is 17.7 Å². The molecule has 0 saturated carbocycles. The second-order valence-corrected chi connectivity index (χ2v) is 10.4. The van der Waals surface area contributed by atoms with Gasteiger partial charge in [0.25, 0.3) is 0 Å². The first-order valence-corrected chi connectivity index (χ1v) is 11.4. The molecule has 0 heterocycles. The SMILES string of the molecule is CCC[SiH](OC)OC.CCO[Si](CC)(CC)OCC. The predicted octanol–water partition coefficient (Wildman–Crippen LogP) is 3.45. The van der Waals surface area contributed by atoms with Crippen LogP contribution in [0, 0.1) is 0 Å². The lowest BCUT2D eigenvalue weighted by atomic mass is 10.6. The van der Waals surface area contributed by atoms with Gasteiger partial charge >= 0.3 is 17.8 Å². The van der Waals surface area contributed by atoms with Gasteiger partial charge in [-0.05, 0) is 32.0 Å². The molecule has 0 amide bonds. The van der Waals surface area contributed by atoms with Gasteiger partial charge in [-0.25, -0.2) is 0 Å². The quantitative estimate of drug-likeness (QED) is 0.579. The minimum atomic E-state index is -1.74. The number of hydrogen-bond donors (Lipinski definition) is 0. The highest BCUT2D eigenvalue weighted by atomic mass is 28.4. The average Bonchev–Trinajstić information content (AvgIpc) is 2.45. The second kappa shape index (κ2) is 14.7. The fourth-order valence-electron chi connectivity index (χ4n) is 1.79. The van der Waals surface area contributed by atoms with Crippen molar-refractivity contribution in [2.75, 3.05) is 27.4 Å². The van der Waals surface area contributed by atoms with E-state index in [0.29, 0.717) is 0 Å². The zero-order valence-corrected chi connectivity index (χ0v) is 16.1. The van der Waals surface area contributed by atoms with Crippen molar-refractivity contribution in [3.63, 3.8) is 0 Å². The fourth-order valence-corrected chi connectivity index (χ4v) is 5.38. The lowest BCUT2D eigenvalue weighted by Gasteiger charge is -2.27. The summed E-state index contributed by atoms with van der Waals surface area (Å²) in [6.07, 6.45) is 1.17. The molecule has 0 aliphatic rings. The van der Waals surface area contributed by atoms with Crippen molar-refractivity contribution in [3.8, 4) is 0 Å². The Morgan fingerprint density at radius 2 is 1.21 bits per heavy atom. The Morgan fingerprint density at radius 3 is 1.37 bits per heavy atom. The Bertz CT molecular complexity index is 166. The number of hydrogen-bond acceptors (Lipinski definition) is 4. The summed E-state index contributed by atoms with van der Waals surface area (Å²) in [5.74, 6) is 0. The summed E-state index contributed by atoms with van der Waals surface area (Å²) in [6, 6.07) is 3.24. The van der Waals surface area contributed by atoms with Crippen molar-refractivity contribution in [3.05, 3.63) is 0 Å². The van der Waals surface area contributed by atoms with Crippen LogP contribution in [-0.4, -0.2) is 45.3 Å². The zero-order chi connectivity index (χ0) is 15.1. The third-order valence-electron chi connectivity index (χ3n) is 2.94. The summed E-state index contributed by atoms with van der Waals surface area (Å²) < 4.78 is 21.5. The highest BCUT2D eigenvalue weighted by Crippen LogP contribution is 2.17. The van der Waals surface area contributed by atoms with Gasteiger partial charge in [0.05, 0.1) is 0 Å². The van der Waals surface area contributed by atoms with E-state index in [1.54, 1.807) is 14.2 Å². The van der Waals surface area contributed by atoms with E-state index >= 15 is 0 Å². The lowest BCUT2D eigenvalue weighted by Crippen LogP contribution is -2.40. The summed E-state index contributed by atoms with van der Waals surface area (Å²) in [5.41, 5.74) is 0. The molecule has 4 nitrogen and oxygen atoms in total. The summed E-state index contributed by atoms with van der Waals surface area (Å²) in [7, 11) is 0.501. The zero-order valence-electron chi connectivity index (χ0n) is 14.0. The Labute approximate surface area is 122 Å². The Kier molecular flexibility index (Phi) is 16.7. The standard InChI is InChI=1S/C8H20O2Si.C5H14O2Si/c1-5-9-11(7-3,8-4)10-6-2;1-4-5-8(6-2)7-3/h5-8H2,1-4H3;8H,4-5H2,1-3H3. The van der Waals surface area contributed by atoms with Gasteiger partial charge in [0.15, 0.2) is 0 Å². The van der Waals surface area contributed by atoms with Crippen LogP contribution in [0.25, 0.3) is 0 Å². The highest BCUT2D eigenvalue weighted by molar-refractivity contribution is 6.67. The van der Waals surface area contributed by atoms with Crippen LogP contribution in [0.15, 0.2) is 0 Å². The van der Waals surface area contributed by atoms with Crippen LogP contribution in [0.2, 0.25) is 18.1 Å². The van der Waals surface area contributed by atoms with Crippen molar-refractivity contribution >= 4 is 17.8 Å². The average molecular weight is 311 g/mol. The number of rotatable bonds is 10. The van der Waals surface area contributed by atoms with E-state index in [9.17, 15) is 0 Å². The third kappa shape index (κ3) is 10.7. The van der Waals surface area contributed by atoms with E-state index in [4.69, 9.17) is 17.7 Å². The molecule has 0 unspecified atom stereocenters. The van der Waals surface area contributed by atoms with Gasteiger partial charge in [0.2, 0.25) is 0 Å². The first kappa shape index (κ1) is 21.6. The van der Waals surface area contributed by atoms with Crippen molar-refractivity contribution in [1.29, 1.82) is 0 Å². The van der Waals surface area contributed by atoms with E-state index in [1.807, 2.05) is 13.8 Å². The smallest absolute Gasteiger partial charge is 0.337 e. The van der Waals surface area contributed by atoms with Crippen molar-refractivity contribution in [1.82, 2.24) is 0 Å². The minimum Gasteiger partial charge on any atom is -0.400 e. The first-order chi connectivity index (χ1) is 9.09. The van der Waals surface area contributed by atoms with Crippen LogP contribution in [0.3, 0.4) is 0 Å². The normalized spacial score (nSPS) is 11.4. The molecular weight excluding hydrogens is 276 g/mol. The van der Waals surface area contributed by atoms with Crippen molar-refractivity contribution in [2.24, 2.45) is 0 Å². The van der Waals surface area contributed by atoms with Gasteiger partial charge in [-0.1, -0.05) is 27.2 Å². The predicted molar refractivity (Wildman–Crippen MR) is 86.2 cm³/mol. The van der Waals surface area contributed by atoms with E-state index in [0.717, 1.165) is 31.3 Å². The molecule has 0 saturated heterocycles. The van der Waals surface area contributed by atoms with Crippen LogP contribution in [0.4, 0.5) is 0 Å². The Balaban J connectivity index is 0. The van der Waals surface area contributed by atoms with E-state index < -0.39 is 17.8 Å². The molecule has 0 aliphatic carbocycles. The maximum atomic E-state index is 5.68. The second-order valence-electron chi connectivity index (χ2n) is 4.17. The first-order valence-electron chi connectivity index (χ1n) is 7.42. The molecule has 0 aliphatic heterocycles. The van der Waals surface area contributed by atoms with E-state index in [-0.39, 0.29) is 0 Å². The highest BCUT2D eigenvalue weighted by Gasteiger charge is 2.32. The van der Waals surface area contributed by atoms with Crippen LogP contribution >= 0.6 is 0 Å². The molecule has 0 N–H and O–H groups in total. The summed E-state index contributed by atoms with van der Waals surface area (Å²) >= 11 is 0. The van der Waals surface area contributed by atoms with Gasteiger partial charge in [-0.15, -0.1) is 0 Å². The third-order valence-corrected chi connectivity index (χ3v) is 8.83. The van der Waals surface area contributed by atoms with Crippen molar-refractivity contribution in [2.45, 2.75) is 59.2 Å². The molecule has 0 aromatic heterocycles. The van der Waals surface area contributed by atoms with Crippen molar-refractivity contribution < 1.29 is 17.7 Å². The van der Waals surface area contributed by atoms with Gasteiger partial charge < -0.3 is 17.7 Å². The molecule has 0 radical (unpaired) electrons.